The maximum Gasteiger partial charge on any atom is 0.334 e. The molecule has 1 N–H and O–H groups in total. The van der Waals surface area contributed by atoms with E-state index in [4.69, 9.17) is 4.74 Å². The van der Waals surface area contributed by atoms with Gasteiger partial charge in [0.25, 0.3) is 0 Å². The molecule has 0 unspecified atom stereocenters. The summed E-state index contributed by atoms with van der Waals surface area (Å²) in [6, 6.07) is 7.13. The zero-order valence-corrected chi connectivity index (χ0v) is 11.4. The number of hydrogen-bond donors (Lipinski definition) is 1. The van der Waals surface area contributed by atoms with Crippen LogP contribution in [0.25, 0.3) is 5.76 Å². The van der Waals surface area contributed by atoms with Crippen LogP contribution in [-0.4, -0.2) is 23.7 Å². The molecule has 18 heavy (non-hydrogen) atoms. The topological polar surface area (TPSA) is 55.8 Å². The van der Waals surface area contributed by atoms with Crippen molar-refractivity contribution < 1.29 is 18.8 Å². The van der Waals surface area contributed by atoms with Crippen LogP contribution in [0.1, 0.15) is 19.4 Å². The molecule has 1 aromatic carbocycles. The molecule has 1 aromatic rings. The highest BCUT2D eigenvalue weighted by atomic mass is 32.2. The third kappa shape index (κ3) is 4.09. The molecule has 0 saturated carbocycles. The Morgan fingerprint density at radius 3 is 2.61 bits per heavy atom. The Morgan fingerprint density at radius 1 is 1.39 bits per heavy atom. The van der Waals surface area contributed by atoms with E-state index in [0.717, 1.165) is 0 Å². The van der Waals surface area contributed by atoms with E-state index >= 15 is 0 Å². The van der Waals surface area contributed by atoms with E-state index in [1.54, 1.807) is 18.2 Å². The van der Waals surface area contributed by atoms with Crippen LogP contribution in [0.15, 0.2) is 35.2 Å². The van der Waals surface area contributed by atoms with Gasteiger partial charge in [-0.3, -0.25) is 0 Å². The molecule has 0 saturated heterocycles. The molecular weight excluding hydrogens is 252 g/mol. The summed E-state index contributed by atoms with van der Waals surface area (Å²) in [7, 11) is 1.30. The first-order valence-electron chi connectivity index (χ1n) is 5.45. The Hall–Kier alpha value is -1.46. The average molecular weight is 268 g/mol. The first-order chi connectivity index (χ1) is 8.58. The molecule has 0 atom stereocenters. The molecule has 0 spiro atoms. The van der Waals surface area contributed by atoms with Crippen molar-refractivity contribution in [3.63, 3.8) is 0 Å². The van der Waals surface area contributed by atoms with Crippen LogP contribution < -0.4 is 0 Å². The summed E-state index contributed by atoms with van der Waals surface area (Å²) in [6.45, 7) is 3.72. The van der Waals surface area contributed by atoms with E-state index in [1.165, 1.54) is 13.2 Å². The molecule has 0 aliphatic heterocycles. The highest BCUT2D eigenvalue weighted by Gasteiger charge is 2.12. The molecular formula is C13H16O4S. The molecule has 4 nitrogen and oxygen atoms in total. The number of benzene rings is 1. The third-order valence-corrected chi connectivity index (χ3v) is 2.62. The minimum atomic E-state index is -0.497. The van der Waals surface area contributed by atoms with E-state index in [2.05, 4.69) is 4.74 Å². The fourth-order valence-corrected chi connectivity index (χ4v) is 1.75. The highest BCUT2D eigenvalue weighted by Crippen LogP contribution is 2.28. The molecule has 0 aliphatic rings. The van der Waals surface area contributed by atoms with Gasteiger partial charge < -0.3 is 14.0 Å². The van der Waals surface area contributed by atoms with Crippen LogP contribution in [0.3, 0.4) is 0 Å². The van der Waals surface area contributed by atoms with Crippen LogP contribution in [0.5, 0.6) is 0 Å². The smallest absolute Gasteiger partial charge is 0.334 e. The third-order valence-electron chi connectivity index (χ3n) is 2.06. The fraction of sp³-hybridized carbons (Fsp3) is 0.308. The summed E-state index contributed by atoms with van der Waals surface area (Å²) >= 11 is 0.613. The van der Waals surface area contributed by atoms with Crippen molar-refractivity contribution >= 4 is 23.8 Å². The second-order valence-electron chi connectivity index (χ2n) is 3.79. The number of esters is 1. The van der Waals surface area contributed by atoms with Gasteiger partial charge in [-0.1, -0.05) is 18.2 Å². The Bertz CT molecular complexity index is 440. The van der Waals surface area contributed by atoms with Crippen LogP contribution in [0, 0.1) is 0 Å². The average Bonchev–Trinajstić information content (AvgIpc) is 2.37. The van der Waals surface area contributed by atoms with Gasteiger partial charge >= 0.3 is 5.97 Å². The summed E-state index contributed by atoms with van der Waals surface area (Å²) in [5.41, 5.74) is 0.657. The Morgan fingerprint density at radius 2 is 2.06 bits per heavy atom. The van der Waals surface area contributed by atoms with E-state index < -0.39 is 5.97 Å². The molecule has 5 heteroatoms. The van der Waals surface area contributed by atoms with Gasteiger partial charge in [-0.05, 0) is 19.9 Å². The first-order valence-corrected chi connectivity index (χ1v) is 6.23. The predicted octanol–water partition coefficient (Wildman–Crippen LogP) is 3.19. The van der Waals surface area contributed by atoms with Crippen molar-refractivity contribution in [2.75, 3.05) is 7.11 Å². The number of ether oxygens (including phenoxy) is 2. The van der Waals surface area contributed by atoms with Crippen molar-refractivity contribution in [3.05, 3.63) is 35.9 Å². The van der Waals surface area contributed by atoms with Gasteiger partial charge in [-0.15, -0.1) is 0 Å². The summed E-state index contributed by atoms with van der Waals surface area (Å²) in [5.74, 6) is -0.114. The molecule has 0 radical (unpaired) electrons. The lowest BCUT2D eigenvalue weighted by atomic mass is 10.1. The van der Waals surface area contributed by atoms with Crippen molar-refractivity contribution in [2.45, 2.75) is 24.8 Å². The lowest BCUT2D eigenvalue weighted by Crippen LogP contribution is -2.06. The largest absolute Gasteiger partial charge is 0.490 e. The van der Waals surface area contributed by atoms with Crippen LogP contribution in [0.2, 0.25) is 0 Å². The number of methoxy groups -OCH3 is 1. The molecule has 0 bridgehead atoms. The minimum absolute atomic E-state index is 0.0855. The second-order valence-corrected chi connectivity index (χ2v) is 4.41. The predicted molar refractivity (Wildman–Crippen MR) is 71.1 cm³/mol. The number of rotatable bonds is 5. The monoisotopic (exact) mass is 268 g/mol. The summed E-state index contributed by atoms with van der Waals surface area (Å²) < 4.78 is 19.4. The number of hydrogen-bond acceptors (Lipinski definition) is 5. The number of carbonyl (C=O) groups is 1. The fourth-order valence-electron chi connectivity index (χ4n) is 1.34. The zero-order valence-electron chi connectivity index (χ0n) is 10.5. The number of carbonyl (C=O) groups excluding carboxylic acids is 1. The van der Waals surface area contributed by atoms with E-state index in [9.17, 15) is 9.35 Å². The molecule has 0 fully saturated rings. The van der Waals surface area contributed by atoms with Crippen molar-refractivity contribution in [1.29, 1.82) is 0 Å². The van der Waals surface area contributed by atoms with Crippen LogP contribution in [-0.2, 0) is 14.3 Å². The highest BCUT2D eigenvalue weighted by molar-refractivity contribution is 7.93. The lowest BCUT2D eigenvalue weighted by molar-refractivity contribution is -0.134. The molecule has 0 aromatic heterocycles. The quantitative estimate of drug-likeness (QED) is 0.384. The van der Waals surface area contributed by atoms with Crippen molar-refractivity contribution in [1.82, 2.24) is 0 Å². The Labute approximate surface area is 111 Å². The molecule has 0 amide bonds. The first kappa shape index (κ1) is 14.6. The summed E-state index contributed by atoms with van der Waals surface area (Å²) in [5, 5.41) is 0. The normalized spacial score (nSPS) is 11.5. The van der Waals surface area contributed by atoms with Gasteiger partial charge in [0.15, 0.2) is 0 Å². The van der Waals surface area contributed by atoms with Gasteiger partial charge in [0.2, 0.25) is 0 Å². The van der Waals surface area contributed by atoms with Crippen molar-refractivity contribution in [2.24, 2.45) is 0 Å². The standard InChI is InChI=1S/C13H16O4S/c1-9(2)17-11(8-13(14)16-3)10-6-4-5-7-12(10)18-15/h4-9,15H,1-3H3/b11-8-. The molecule has 1 rings (SSSR count). The Kier molecular flexibility index (Phi) is 5.74. The van der Waals surface area contributed by atoms with E-state index in [1.807, 2.05) is 19.9 Å². The van der Waals surface area contributed by atoms with E-state index in [0.29, 0.717) is 28.3 Å². The maximum atomic E-state index is 11.3. The van der Waals surface area contributed by atoms with Crippen LogP contribution >= 0.6 is 12.0 Å². The van der Waals surface area contributed by atoms with Crippen molar-refractivity contribution in [3.8, 4) is 0 Å². The van der Waals surface area contributed by atoms with Gasteiger partial charge in [-0.2, -0.15) is 0 Å². The van der Waals surface area contributed by atoms with E-state index in [-0.39, 0.29) is 6.10 Å². The molecule has 0 aliphatic carbocycles. The molecule has 98 valence electrons. The second kappa shape index (κ2) is 7.08. The van der Waals surface area contributed by atoms with Gasteiger partial charge in [0.1, 0.15) is 5.76 Å². The zero-order chi connectivity index (χ0) is 13.5. The lowest BCUT2D eigenvalue weighted by Gasteiger charge is -2.15. The summed E-state index contributed by atoms with van der Waals surface area (Å²) in [6.07, 6.45) is 1.19. The SMILES string of the molecule is COC(=O)/C=C(\OC(C)C)c1ccccc1SO. The van der Waals surface area contributed by atoms with Crippen LogP contribution in [0.4, 0.5) is 0 Å². The maximum absolute atomic E-state index is 11.3. The minimum Gasteiger partial charge on any atom is -0.490 e. The summed E-state index contributed by atoms with van der Waals surface area (Å²) in [4.78, 5) is 11.9. The van der Waals surface area contributed by atoms with Gasteiger partial charge in [0.05, 0.1) is 19.3 Å². The Balaban J connectivity index is 3.17. The molecule has 0 heterocycles. The van der Waals surface area contributed by atoms with Gasteiger partial charge in [0, 0.05) is 22.5 Å². The van der Waals surface area contributed by atoms with Gasteiger partial charge in [-0.25, -0.2) is 4.79 Å².